The summed E-state index contributed by atoms with van der Waals surface area (Å²) in [5.41, 5.74) is 5.59. The van der Waals surface area contributed by atoms with Crippen LogP contribution in [0, 0.1) is 13.8 Å². The number of rotatable bonds is 7. The molecule has 0 spiro atoms. The number of hydrogen-bond acceptors (Lipinski definition) is 7. The fraction of sp³-hybridized carbons (Fsp3) is 0.200. The highest BCUT2D eigenvalue weighted by Gasteiger charge is 2.23. The lowest BCUT2D eigenvalue weighted by Crippen LogP contribution is -2.15. The number of aryl methyl sites for hydroxylation is 3. The maximum Gasteiger partial charge on any atom is 0.265 e. The van der Waals surface area contributed by atoms with Crippen molar-refractivity contribution >= 4 is 27.3 Å². The average molecular weight is 510 g/mol. The number of halogens is 1. The Balaban J connectivity index is 1.84. The number of methoxy groups -OCH3 is 1. The number of pyridine rings is 2. The summed E-state index contributed by atoms with van der Waals surface area (Å²) < 4.78 is 34.4. The highest BCUT2D eigenvalue weighted by Crippen LogP contribution is 2.35. The average Bonchev–Trinajstić information content (AvgIpc) is 2.84. The van der Waals surface area contributed by atoms with Crippen LogP contribution in [-0.4, -0.2) is 35.5 Å². The summed E-state index contributed by atoms with van der Waals surface area (Å²) in [6.45, 7) is 5.64. The van der Waals surface area contributed by atoms with Crippen molar-refractivity contribution in [2.75, 3.05) is 11.8 Å². The standard InChI is InChI=1S/C25H24ClN5O3S/c1-5-20-24(25(30-14-29-20)17-8-9-27-15(2)10-17)18-11-21(16(3)28-13-18)31-35(32,33)23-12-19(26)6-7-22(23)34-4/h6-14,31H,5H2,1-4H3. The quantitative estimate of drug-likeness (QED) is 0.363. The molecule has 0 amide bonds. The van der Waals surface area contributed by atoms with Crippen LogP contribution in [0.5, 0.6) is 5.75 Å². The van der Waals surface area contributed by atoms with E-state index in [2.05, 4.69) is 24.7 Å². The van der Waals surface area contributed by atoms with Crippen molar-refractivity contribution in [2.45, 2.75) is 32.1 Å². The minimum absolute atomic E-state index is 0.0671. The molecule has 180 valence electrons. The molecule has 4 rings (SSSR count). The number of sulfonamides is 1. The first-order chi connectivity index (χ1) is 16.7. The van der Waals surface area contributed by atoms with E-state index in [0.717, 1.165) is 28.2 Å². The van der Waals surface area contributed by atoms with Crippen molar-refractivity contribution in [1.82, 2.24) is 19.9 Å². The Morgan fingerprint density at radius 2 is 1.80 bits per heavy atom. The molecular formula is C25H24ClN5O3S. The number of nitrogens with one attached hydrogen (secondary N) is 1. The van der Waals surface area contributed by atoms with Crippen molar-refractivity contribution in [3.8, 4) is 28.1 Å². The van der Waals surface area contributed by atoms with E-state index >= 15 is 0 Å². The van der Waals surface area contributed by atoms with Crippen LogP contribution in [0.15, 0.2) is 60.0 Å². The predicted octanol–water partition coefficient (Wildman–Crippen LogP) is 5.24. The molecule has 35 heavy (non-hydrogen) atoms. The number of aromatic nitrogens is 4. The van der Waals surface area contributed by atoms with E-state index < -0.39 is 10.0 Å². The first-order valence-corrected chi connectivity index (χ1v) is 12.7. The first-order valence-electron chi connectivity index (χ1n) is 10.8. The summed E-state index contributed by atoms with van der Waals surface area (Å²) in [5, 5.41) is 0.279. The molecule has 0 aliphatic heterocycles. The monoisotopic (exact) mass is 509 g/mol. The van der Waals surface area contributed by atoms with Crippen molar-refractivity contribution in [1.29, 1.82) is 0 Å². The van der Waals surface area contributed by atoms with Gasteiger partial charge in [0, 0.05) is 39.8 Å². The molecule has 0 saturated heterocycles. The maximum absolute atomic E-state index is 13.3. The molecule has 0 aliphatic carbocycles. The van der Waals surface area contributed by atoms with Crippen LogP contribution in [0.1, 0.15) is 24.0 Å². The van der Waals surface area contributed by atoms with Gasteiger partial charge in [0.05, 0.1) is 29.9 Å². The van der Waals surface area contributed by atoms with Crippen LogP contribution >= 0.6 is 11.6 Å². The predicted molar refractivity (Wildman–Crippen MR) is 136 cm³/mol. The molecule has 10 heteroatoms. The summed E-state index contributed by atoms with van der Waals surface area (Å²) >= 11 is 6.06. The summed E-state index contributed by atoms with van der Waals surface area (Å²) in [4.78, 5) is 17.7. The maximum atomic E-state index is 13.3. The minimum Gasteiger partial charge on any atom is -0.495 e. The summed E-state index contributed by atoms with van der Waals surface area (Å²) in [5.74, 6) is 0.184. The molecule has 4 aromatic rings. The second-order valence-electron chi connectivity index (χ2n) is 7.84. The molecule has 0 bridgehead atoms. The van der Waals surface area contributed by atoms with Gasteiger partial charge < -0.3 is 4.74 Å². The van der Waals surface area contributed by atoms with Crippen LogP contribution in [0.2, 0.25) is 5.02 Å². The minimum atomic E-state index is -4.02. The highest BCUT2D eigenvalue weighted by atomic mass is 35.5. The molecule has 0 atom stereocenters. The van der Waals surface area contributed by atoms with Gasteiger partial charge in [-0.3, -0.25) is 14.7 Å². The molecule has 0 radical (unpaired) electrons. The lowest BCUT2D eigenvalue weighted by Gasteiger charge is -2.16. The fourth-order valence-electron chi connectivity index (χ4n) is 3.74. The Morgan fingerprint density at radius 1 is 1.00 bits per heavy atom. The molecule has 1 aromatic carbocycles. The Morgan fingerprint density at radius 3 is 2.51 bits per heavy atom. The third-order valence-corrected chi connectivity index (χ3v) is 7.09. The van der Waals surface area contributed by atoms with E-state index in [9.17, 15) is 8.42 Å². The van der Waals surface area contributed by atoms with E-state index in [4.69, 9.17) is 16.3 Å². The van der Waals surface area contributed by atoms with Gasteiger partial charge in [0.1, 0.15) is 17.0 Å². The SMILES string of the molecule is CCc1ncnc(-c2ccnc(C)c2)c1-c1cnc(C)c(NS(=O)(=O)c2cc(Cl)ccc2OC)c1. The van der Waals surface area contributed by atoms with E-state index in [1.54, 1.807) is 31.5 Å². The zero-order valence-corrected chi connectivity index (χ0v) is 21.3. The number of nitrogens with zero attached hydrogens (tertiary/aromatic N) is 4. The molecule has 3 heterocycles. The van der Waals surface area contributed by atoms with Gasteiger partial charge in [0.15, 0.2) is 0 Å². The van der Waals surface area contributed by atoms with Gasteiger partial charge in [0.25, 0.3) is 10.0 Å². The largest absolute Gasteiger partial charge is 0.495 e. The Hall–Kier alpha value is -3.56. The van der Waals surface area contributed by atoms with Gasteiger partial charge in [-0.1, -0.05) is 18.5 Å². The molecule has 0 aliphatic rings. The van der Waals surface area contributed by atoms with Gasteiger partial charge in [-0.15, -0.1) is 0 Å². The normalized spacial score (nSPS) is 11.3. The Labute approximate surface area is 209 Å². The Bertz CT molecular complexity index is 1510. The van der Waals surface area contributed by atoms with Crippen LogP contribution in [0.3, 0.4) is 0 Å². The van der Waals surface area contributed by atoms with E-state index in [-0.39, 0.29) is 15.7 Å². The van der Waals surface area contributed by atoms with Gasteiger partial charge in [-0.25, -0.2) is 18.4 Å². The molecule has 8 nitrogen and oxygen atoms in total. The number of anilines is 1. The fourth-order valence-corrected chi connectivity index (χ4v) is 5.28. The van der Waals surface area contributed by atoms with Crippen LogP contribution in [-0.2, 0) is 16.4 Å². The number of hydrogen-bond donors (Lipinski definition) is 1. The first kappa shape index (κ1) is 24.6. The van der Waals surface area contributed by atoms with Crippen molar-refractivity contribution < 1.29 is 13.2 Å². The molecule has 1 N–H and O–H groups in total. The lowest BCUT2D eigenvalue weighted by molar-refractivity contribution is 0.403. The zero-order chi connectivity index (χ0) is 25.2. The van der Waals surface area contributed by atoms with Crippen molar-refractivity contribution in [3.05, 3.63) is 77.2 Å². The molecule has 0 unspecified atom stereocenters. The summed E-state index contributed by atoms with van der Waals surface area (Å²) in [6, 6.07) is 10.00. The van der Waals surface area contributed by atoms with E-state index in [1.165, 1.54) is 25.6 Å². The number of ether oxygens (including phenoxy) is 1. The van der Waals surface area contributed by atoms with E-state index in [0.29, 0.717) is 23.4 Å². The molecule has 0 saturated carbocycles. The van der Waals surface area contributed by atoms with Crippen LogP contribution in [0.4, 0.5) is 5.69 Å². The third kappa shape index (κ3) is 5.11. The Kier molecular flexibility index (Phi) is 7.00. The van der Waals surface area contributed by atoms with Crippen molar-refractivity contribution in [3.63, 3.8) is 0 Å². The second kappa shape index (κ2) is 9.97. The summed E-state index contributed by atoms with van der Waals surface area (Å²) in [6.07, 6.45) is 5.61. The highest BCUT2D eigenvalue weighted by molar-refractivity contribution is 7.92. The van der Waals surface area contributed by atoms with Crippen LogP contribution < -0.4 is 9.46 Å². The molecule has 3 aromatic heterocycles. The van der Waals surface area contributed by atoms with Crippen molar-refractivity contribution in [2.24, 2.45) is 0 Å². The smallest absolute Gasteiger partial charge is 0.265 e. The van der Waals surface area contributed by atoms with Gasteiger partial charge in [-0.05, 0) is 56.7 Å². The lowest BCUT2D eigenvalue weighted by atomic mass is 9.97. The topological polar surface area (TPSA) is 107 Å². The third-order valence-electron chi connectivity index (χ3n) is 5.47. The zero-order valence-electron chi connectivity index (χ0n) is 19.7. The summed E-state index contributed by atoms with van der Waals surface area (Å²) in [7, 11) is -2.62. The van der Waals surface area contributed by atoms with Crippen LogP contribution in [0.25, 0.3) is 22.4 Å². The van der Waals surface area contributed by atoms with Gasteiger partial charge >= 0.3 is 0 Å². The molecular weight excluding hydrogens is 486 g/mol. The van der Waals surface area contributed by atoms with E-state index in [1.807, 2.05) is 26.0 Å². The molecule has 0 fully saturated rings. The second-order valence-corrected chi connectivity index (χ2v) is 9.93. The number of benzene rings is 1. The van der Waals surface area contributed by atoms with Gasteiger partial charge in [-0.2, -0.15) is 0 Å². The van der Waals surface area contributed by atoms with Gasteiger partial charge in [0.2, 0.25) is 0 Å².